The van der Waals surface area contributed by atoms with E-state index in [1.54, 1.807) is 0 Å². The molecule has 3 aliphatic rings. The first-order chi connectivity index (χ1) is 5.84. The molecule has 4 unspecified atom stereocenters. The summed E-state index contributed by atoms with van der Waals surface area (Å²) >= 11 is 0. The number of hydrogen-bond acceptors (Lipinski definition) is 2. The SMILES string of the molecule is CC(C)(C)C(C)(O)C1C2CNC1C2. The Kier molecular flexibility index (Phi) is 1.81. The van der Waals surface area contributed by atoms with Gasteiger partial charge in [-0.2, -0.15) is 0 Å². The van der Waals surface area contributed by atoms with Crippen LogP contribution in [-0.2, 0) is 0 Å². The van der Waals surface area contributed by atoms with Crippen LogP contribution in [0.1, 0.15) is 34.1 Å². The molecule has 0 aromatic rings. The molecule has 2 saturated heterocycles. The fourth-order valence-corrected chi connectivity index (χ4v) is 2.83. The summed E-state index contributed by atoms with van der Waals surface area (Å²) in [5.41, 5.74) is -0.537. The lowest BCUT2D eigenvalue weighted by Crippen LogP contribution is -2.57. The molecule has 2 bridgehead atoms. The average molecular weight is 183 g/mol. The molecule has 13 heavy (non-hydrogen) atoms. The van der Waals surface area contributed by atoms with Gasteiger partial charge < -0.3 is 10.4 Å². The Morgan fingerprint density at radius 1 is 1.23 bits per heavy atom. The van der Waals surface area contributed by atoms with Gasteiger partial charge >= 0.3 is 0 Å². The maximum atomic E-state index is 10.5. The largest absolute Gasteiger partial charge is 0.389 e. The van der Waals surface area contributed by atoms with E-state index < -0.39 is 5.60 Å². The van der Waals surface area contributed by atoms with Crippen LogP contribution in [0, 0.1) is 17.3 Å². The van der Waals surface area contributed by atoms with Crippen molar-refractivity contribution in [2.24, 2.45) is 17.3 Å². The highest BCUT2D eigenvalue weighted by Gasteiger charge is 2.58. The van der Waals surface area contributed by atoms with Crippen LogP contribution in [0.25, 0.3) is 0 Å². The van der Waals surface area contributed by atoms with E-state index in [4.69, 9.17) is 0 Å². The second kappa shape index (κ2) is 2.48. The van der Waals surface area contributed by atoms with Crippen LogP contribution in [0.3, 0.4) is 0 Å². The van der Waals surface area contributed by atoms with Crippen molar-refractivity contribution in [1.82, 2.24) is 5.32 Å². The van der Waals surface area contributed by atoms with Crippen molar-refractivity contribution in [1.29, 1.82) is 0 Å². The minimum absolute atomic E-state index is 0.0133. The average Bonchev–Trinajstić information content (AvgIpc) is 2.38. The van der Waals surface area contributed by atoms with Gasteiger partial charge in [-0.3, -0.25) is 0 Å². The molecule has 1 saturated carbocycles. The summed E-state index contributed by atoms with van der Waals surface area (Å²) in [6.07, 6.45) is 1.27. The Hall–Kier alpha value is -0.0800. The molecule has 0 amide bonds. The van der Waals surface area contributed by atoms with E-state index in [2.05, 4.69) is 26.1 Å². The van der Waals surface area contributed by atoms with Gasteiger partial charge in [0.05, 0.1) is 5.60 Å². The van der Waals surface area contributed by atoms with Crippen LogP contribution in [-0.4, -0.2) is 23.3 Å². The van der Waals surface area contributed by atoms with Crippen molar-refractivity contribution in [3.8, 4) is 0 Å². The third-order valence-corrected chi connectivity index (χ3v) is 4.31. The predicted molar refractivity (Wildman–Crippen MR) is 53.5 cm³/mol. The lowest BCUT2D eigenvalue weighted by molar-refractivity contribution is -0.130. The first-order valence-electron chi connectivity index (χ1n) is 5.30. The van der Waals surface area contributed by atoms with Crippen molar-refractivity contribution in [2.45, 2.75) is 45.8 Å². The standard InChI is InChI=1S/C11H21NO/c1-10(2,3)11(4,13)9-7-5-8(9)12-6-7/h7-9,12-13H,5-6H2,1-4H3. The van der Waals surface area contributed by atoms with Crippen LogP contribution < -0.4 is 5.32 Å². The highest BCUT2D eigenvalue weighted by molar-refractivity contribution is 5.11. The molecule has 3 fully saturated rings. The van der Waals surface area contributed by atoms with Crippen molar-refractivity contribution >= 4 is 0 Å². The zero-order valence-electron chi connectivity index (χ0n) is 9.09. The van der Waals surface area contributed by atoms with Gasteiger partial charge in [0.15, 0.2) is 0 Å². The third-order valence-electron chi connectivity index (χ3n) is 4.31. The number of nitrogens with one attached hydrogen (secondary N) is 1. The minimum atomic E-state index is -0.524. The molecule has 2 aliphatic heterocycles. The highest BCUT2D eigenvalue weighted by Crippen LogP contribution is 2.51. The summed E-state index contributed by atoms with van der Waals surface area (Å²) in [4.78, 5) is 0. The van der Waals surface area contributed by atoms with Gasteiger partial charge in [0.1, 0.15) is 0 Å². The van der Waals surface area contributed by atoms with Crippen molar-refractivity contribution in [3.63, 3.8) is 0 Å². The lowest BCUT2D eigenvalue weighted by atomic mass is 9.58. The molecule has 2 nitrogen and oxygen atoms in total. The molecule has 2 N–H and O–H groups in total. The minimum Gasteiger partial charge on any atom is -0.389 e. The van der Waals surface area contributed by atoms with Gasteiger partial charge in [-0.1, -0.05) is 20.8 Å². The molecule has 4 atom stereocenters. The maximum absolute atomic E-state index is 10.5. The smallest absolute Gasteiger partial charge is 0.0713 e. The van der Waals surface area contributed by atoms with E-state index in [9.17, 15) is 5.11 Å². The molecule has 3 rings (SSSR count). The third kappa shape index (κ3) is 1.15. The molecule has 2 heterocycles. The Morgan fingerprint density at radius 3 is 2.15 bits per heavy atom. The molecule has 0 spiro atoms. The zero-order valence-corrected chi connectivity index (χ0v) is 9.09. The summed E-state index contributed by atoms with van der Waals surface area (Å²) in [6.45, 7) is 9.51. The Balaban J connectivity index is 2.16. The maximum Gasteiger partial charge on any atom is 0.0713 e. The number of hydrogen-bond donors (Lipinski definition) is 2. The summed E-state index contributed by atoms with van der Waals surface area (Å²) in [6, 6.07) is 0.583. The molecule has 0 aromatic heterocycles. The first-order valence-corrected chi connectivity index (χ1v) is 5.30. The van der Waals surface area contributed by atoms with Gasteiger partial charge in [0.2, 0.25) is 0 Å². The number of rotatable bonds is 1. The Morgan fingerprint density at radius 2 is 1.85 bits per heavy atom. The molecular formula is C11H21NO. The summed E-state index contributed by atoms with van der Waals surface area (Å²) < 4.78 is 0. The van der Waals surface area contributed by atoms with Crippen LogP contribution in [0.4, 0.5) is 0 Å². The molecule has 2 heteroatoms. The van der Waals surface area contributed by atoms with Crippen LogP contribution in [0.2, 0.25) is 0 Å². The summed E-state index contributed by atoms with van der Waals surface area (Å²) in [5.74, 6) is 1.20. The van der Waals surface area contributed by atoms with E-state index in [-0.39, 0.29) is 5.41 Å². The van der Waals surface area contributed by atoms with Crippen molar-refractivity contribution in [2.75, 3.05) is 6.54 Å². The van der Waals surface area contributed by atoms with E-state index in [1.165, 1.54) is 6.42 Å². The van der Waals surface area contributed by atoms with E-state index in [0.29, 0.717) is 12.0 Å². The van der Waals surface area contributed by atoms with E-state index in [1.807, 2.05) is 6.92 Å². The van der Waals surface area contributed by atoms with Crippen molar-refractivity contribution in [3.05, 3.63) is 0 Å². The molecule has 1 aliphatic carbocycles. The molecular weight excluding hydrogens is 162 g/mol. The fourth-order valence-electron chi connectivity index (χ4n) is 2.83. The van der Waals surface area contributed by atoms with Gasteiger partial charge in [-0.05, 0) is 31.2 Å². The van der Waals surface area contributed by atoms with Crippen LogP contribution in [0.15, 0.2) is 0 Å². The second-order valence-electron chi connectivity index (χ2n) is 5.93. The molecule has 0 radical (unpaired) electrons. The second-order valence-corrected chi connectivity index (χ2v) is 5.93. The zero-order chi connectivity index (χ0) is 9.85. The van der Waals surface area contributed by atoms with Gasteiger partial charge in [-0.15, -0.1) is 0 Å². The van der Waals surface area contributed by atoms with Crippen LogP contribution >= 0.6 is 0 Å². The number of fused-ring (bicyclic) bond motifs is 1. The quantitative estimate of drug-likeness (QED) is 0.644. The number of aliphatic hydroxyl groups is 1. The monoisotopic (exact) mass is 183 g/mol. The van der Waals surface area contributed by atoms with Gasteiger partial charge in [-0.25, -0.2) is 0 Å². The summed E-state index contributed by atoms with van der Waals surface area (Å²) in [5, 5.41) is 14.0. The van der Waals surface area contributed by atoms with Gasteiger partial charge in [0.25, 0.3) is 0 Å². The van der Waals surface area contributed by atoms with Crippen LogP contribution in [0.5, 0.6) is 0 Å². The predicted octanol–water partition coefficient (Wildman–Crippen LogP) is 1.39. The van der Waals surface area contributed by atoms with E-state index in [0.717, 1.165) is 12.5 Å². The molecule has 0 aromatic carbocycles. The topological polar surface area (TPSA) is 32.3 Å². The van der Waals surface area contributed by atoms with Gasteiger partial charge in [0, 0.05) is 12.0 Å². The highest BCUT2D eigenvalue weighted by atomic mass is 16.3. The Labute approximate surface area is 80.7 Å². The first kappa shape index (κ1) is 9.47. The Bertz CT molecular complexity index is 203. The fraction of sp³-hybridized carbons (Fsp3) is 1.00. The van der Waals surface area contributed by atoms with E-state index >= 15 is 0 Å². The lowest BCUT2D eigenvalue weighted by Gasteiger charge is -2.51. The van der Waals surface area contributed by atoms with Crippen molar-refractivity contribution < 1.29 is 5.11 Å². The summed E-state index contributed by atoms with van der Waals surface area (Å²) in [7, 11) is 0. The normalized spacial score (nSPS) is 42.7. The molecule has 76 valence electrons.